The van der Waals surface area contributed by atoms with Crippen LogP contribution in [0.25, 0.3) is 0 Å². The molecule has 1 aromatic rings. The fraction of sp³-hybridized carbons (Fsp3) is 0.857. The monoisotopic (exact) mass is 267 g/mol. The van der Waals surface area contributed by atoms with E-state index in [0.717, 1.165) is 12.3 Å². The molecule has 0 spiro atoms. The Morgan fingerprint density at radius 3 is 2.89 bits per heavy atom. The third-order valence-corrected chi connectivity index (χ3v) is 3.94. The summed E-state index contributed by atoms with van der Waals surface area (Å²) in [4.78, 5) is 4.55. The van der Waals surface area contributed by atoms with E-state index in [1.165, 1.54) is 25.7 Å². The van der Waals surface area contributed by atoms with Crippen molar-refractivity contribution < 1.29 is 9.26 Å². The van der Waals surface area contributed by atoms with E-state index in [0.29, 0.717) is 24.4 Å². The maximum absolute atomic E-state index is 5.51. The van der Waals surface area contributed by atoms with Crippen molar-refractivity contribution >= 4 is 0 Å². The molecule has 108 valence electrons. The molecular weight excluding hydrogens is 242 g/mol. The van der Waals surface area contributed by atoms with Crippen LogP contribution >= 0.6 is 0 Å². The topological polar surface area (TPSA) is 60.2 Å². The van der Waals surface area contributed by atoms with Gasteiger partial charge in [0.15, 0.2) is 5.82 Å². The molecule has 1 aromatic heterocycles. The highest BCUT2D eigenvalue weighted by atomic mass is 16.5. The quantitative estimate of drug-likeness (QED) is 0.831. The zero-order chi connectivity index (χ0) is 13.7. The van der Waals surface area contributed by atoms with Gasteiger partial charge in [0.2, 0.25) is 5.89 Å². The van der Waals surface area contributed by atoms with Gasteiger partial charge < -0.3 is 14.6 Å². The molecule has 0 aromatic carbocycles. The summed E-state index contributed by atoms with van der Waals surface area (Å²) in [7, 11) is 2.02. The molecule has 1 aliphatic carbocycles. The van der Waals surface area contributed by atoms with Crippen molar-refractivity contribution in [2.24, 2.45) is 0 Å². The minimum absolute atomic E-state index is 0.0960. The fourth-order valence-corrected chi connectivity index (χ4v) is 2.84. The van der Waals surface area contributed by atoms with Crippen molar-refractivity contribution in [3.8, 4) is 0 Å². The van der Waals surface area contributed by atoms with E-state index in [2.05, 4.69) is 15.5 Å². The summed E-state index contributed by atoms with van der Waals surface area (Å²) in [5.74, 6) is 1.77. The summed E-state index contributed by atoms with van der Waals surface area (Å²) in [6.45, 7) is 4.59. The van der Waals surface area contributed by atoms with Crippen LogP contribution in [0.4, 0.5) is 0 Å². The Kier molecular flexibility index (Phi) is 5.34. The van der Waals surface area contributed by atoms with E-state index >= 15 is 0 Å². The second-order valence-corrected chi connectivity index (χ2v) is 5.23. The van der Waals surface area contributed by atoms with Gasteiger partial charge >= 0.3 is 0 Å². The standard InChI is InChI=1S/C14H25N3O2/c1-4-18-10(2)13-16-14(19-17-13)11-8-6-5-7-9-12(11)15-3/h10-12,15H,4-9H2,1-3H3. The third-order valence-electron chi connectivity index (χ3n) is 3.94. The summed E-state index contributed by atoms with van der Waals surface area (Å²) < 4.78 is 11.0. The maximum Gasteiger partial charge on any atom is 0.231 e. The molecule has 5 nitrogen and oxygen atoms in total. The van der Waals surface area contributed by atoms with E-state index in [9.17, 15) is 0 Å². The molecule has 1 aliphatic rings. The average Bonchev–Trinajstić information content (AvgIpc) is 2.78. The zero-order valence-electron chi connectivity index (χ0n) is 12.2. The molecule has 0 radical (unpaired) electrons. The van der Waals surface area contributed by atoms with Crippen LogP contribution in [0.3, 0.4) is 0 Å². The van der Waals surface area contributed by atoms with Gasteiger partial charge in [-0.05, 0) is 33.7 Å². The largest absolute Gasteiger partial charge is 0.371 e. The molecule has 1 saturated carbocycles. The van der Waals surface area contributed by atoms with Gasteiger partial charge in [0.1, 0.15) is 6.10 Å². The van der Waals surface area contributed by atoms with Gasteiger partial charge in [-0.3, -0.25) is 0 Å². The van der Waals surface area contributed by atoms with Crippen molar-refractivity contribution in [2.45, 2.75) is 64.0 Å². The first-order chi connectivity index (χ1) is 9.26. The predicted octanol–water partition coefficient (Wildman–Crippen LogP) is 2.80. The molecule has 3 atom stereocenters. The molecule has 2 rings (SSSR count). The number of ether oxygens (including phenoxy) is 1. The molecule has 0 aliphatic heterocycles. The Balaban J connectivity index is 2.10. The predicted molar refractivity (Wildman–Crippen MR) is 73.0 cm³/mol. The Labute approximate surface area is 115 Å². The van der Waals surface area contributed by atoms with Gasteiger partial charge in [-0.25, -0.2) is 0 Å². The first-order valence-corrected chi connectivity index (χ1v) is 7.38. The lowest BCUT2D eigenvalue weighted by Gasteiger charge is -2.21. The van der Waals surface area contributed by atoms with Gasteiger partial charge in [0, 0.05) is 12.6 Å². The summed E-state index contributed by atoms with van der Waals surface area (Å²) in [6, 6.07) is 0.443. The van der Waals surface area contributed by atoms with Gasteiger partial charge in [-0.2, -0.15) is 4.98 Å². The Morgan fingerprint density at radius 2 is 2.16 bits per heavy atom. The third kappa shape index (κ3) is 3.54. The lowest BCUT2D eigenvalue weighted by molar-refractivity contribution is 0.0683. The number of hydrogen-bond acceptors (Lipinski definition) is 5. The highest BCUT2D eigenvalue weighted by Crippen LogP contribution is 2.31. The van der Waals surface area contributed by atoms with E-state index in [1.807, 2.05) is 20.9 Å². The Morgan fingerprint density at radius 1 is 1.37 bits per heavy atom. The van der Waals surface area contributed by atoms with Crippen molar-refractivity contribution in [2.75, 3.05) is 13.7 Å². The number of aromatic nitrogens is 2. The SMILES string of the molecule is CCOC(C)c1noc(C2CCCCCC2NC)n1. The van der Waals surface area contributed by atoms with Crippen molar-refractivity contribution in [3.63, 3.8) is 0 Å². The van der Waals surface area contributed by atoms with Gasteiger partial charge in [-0.15, -0.1) is 0 Å². The smallest absolute Gasteiger partial charge is 0.231 e. The first kappa shape index (κ1) is 14.5. The normalized spacial score (nSPS) is 26.1. The van der Waals surface area contributed by atoms with Crippen LogP contribution in [-0.4, -0.2) is 29.8 Å². The molecule has 1 N–H and O–H groups in total. The second-order valence-electron chi connectivity index (χ2n) is 5.23. The highest BCUT2D eigenvalue weighted by Gasteiger charge is 2.29. The number of nitrogens with one attached hydrogen (secondary N) is 1. The van der Waals surface area contributed by atoms with Crippen molar-refractivity contribution in [1.82, 2.24) is 15.5 Å². The van der Waals surface area contributed by atoms with Crippen LogP contribution < -0.4 is 5.32 Å². The van der Waals surface area contributed by atoms with Gasteiger partial charge in [0.25, 0.3) is 0 Å². The molecule has 0 amide bonds. The average molecular weight is 267 g/mol. The van der Waals surface area contributed by atoms with Crippen LogP contribution in [0.1, 0.15) is 69.7 Å². The molecular formula is C14H25N3O2. The van der Waals surface area contributed by atoms with Crippen LogP contribution in [0.15, 0.2) is 4.52 Å². The zero-order valence-corrected chi connectivity index (χ0v) is 12.2. The number of hydrogen-bond donors (Lipinski definition) is 1. The van der Waals surface area contributed by atoms with Crippen molar-refractivity contribution in [3.05, 3.63) is 11.7 Å². The second kappa shape index (κ2) is 7.01. The van der Waals surface area contributed by atoms with Gasteiger partial charge in [0.05, 0.1) is 5.92 Å². The highest BCUT2D eigenvalue weighted by molar-refractivity contribution is 5.01. The molecule has 0 bridgehead atoms. The molecule has 0 saturated heterocycles. The number of nitrogens with zero attached hydrogens (tertiary/aromatic N) is 2. The first-order valence-electron chi connectivity index (χ1n) is 7.38. The Bertz CT molecular complexity index is 381. The number of likely N-dealkylation sites (N-methyl/N-ethyl adjacent to an activating group) is 1. The van der Waals surface area contributed by atoms with Crippen LogP contribution in [0.2, 0.25) is 0 Å². The Hall–Kier alpha value is -0.940. The summed E-state index contributed by atoms with van der Waals surface area (Å²) >= 11 is 0. The van der Waals surface area contributed by atoms with Crippen LogP contribution in [0, 0.1) is 0 Å². The lowest BCUT2D eigenvalue weighted by atomic mass is 9.95. The minimum atomic E-state index is -0.0960. The molecule has 5 heteroatoms. The van der Waals surface area contributed by atoms with Gasteiger partial charge in [-0.1, -0.05) is 24.4 Å². The fourth-order valence-electron chi connectivity index (χ4n) is 2.84. The lowest BCUT2D eigenvalue weighted by Crippen LogP contribution is -2.31. The van der Waals surface area contributed by atoms with Crippen LogP contribution in [0.5, 0.6) is 0 Å². The van der Waals surface area contributed by atoms with E-state index < -0.39 is 0 Å². The van der Waals surface area contributed by atoms with Crippen molar-refractivity contribution in [1.29, 1.82) is 0 Å². The molecule has 1 heterocycles. The maximum atomic E-state index is 5.51. The molecule has 1 fully saturated rings. The molecule has 3 unspecified atom stereocenters. The van der Waals surface area contributed by atoms with E-state index in [4.69, 9.17) is 9.26 Å². The van der Waals surface area contributed by atoms with E-state index in [-0.39, 0.29) is 6.10 Å². The number of rotatable bonds is 5. The van der Waals surface area contributed by atoms with Crippen LogP contribution in [-0.2, 0) is 4.74 Å². The summed E-state index contributed by atoms with van der Waals surface area (Å²) in [6.07, 6.45) is 6.02. The summed E-state index contributed by atoms with van der Waals surface area (Å²) in [5.41, 5.74) is 0. The minimum Gasteiger partial charge on any atom is -0.371 e. The van der Waals surface area contributed by atoms with E-state index in [1.54, 1.807) is 0 Å². The summed E-state index contributed by atoms with van der Waals surface area (Å²) in [5, 5.41) is 7.47. The molecule has 19 heavy (non-hydrogen) atoms.